The van der Waals surface area contributed by atoms with E-state index in [4.69, 9.17) is 0 Å². The standard InChI is InChI=1S/C17H21N3O2/c1-13-4-2-3-5-14(13)15-10-20(11-16(15)17(21)22)9-8-19-7-6-18-12-19/h2-7,12,15-16H,8-11H2,1H3,(H,21,22)/t15-,16+/m0/s1. The van der Waals surface area contributed by atoms with E-state index in [1.54, 1.807) is 12.5 Å². The van der Waals surface area contributed by atoms with E-state index in [0.29, 0.717) is 6.54 Å². The van der Waals surface area contributed by atoms with Gasteiger partial charge in [0, 0.05) is 44.5 Å². The smallest absolute Gasteiger partial charge is 0.308 e. The van der Waals surface area contributed by atoms with E-state index in [2.05, 4.69) is 28.9 Å². The summed E-state index contributed by atoms with van der Waals surface area (Å²) in [5.41, 5.74) is 2.34. The number of imidazole rings is 1. The number of hydrogen-bond acceptors (Lipinski definition) is 3. The summed E-state index contributed by atoms with van der Waals surface area (Å²) in [5, 5.41) is 9.56. The lowest BCUT2D eigenvalue weighted by molar-refractivity contribution is -0.141. The average Bonchev–Trinajstić information content (AvgIpc) is 3.15. The van der Waals surface area contributed by atoms with Crippen molar-refractivity contribution in [1.82, 2.24) is 14.5 Å². The van der Waals surface area contributed by atoms with Crippen LogP contribution in [0.25, 0.3) is 0 Å². The molecule has 2 atom stereocenters. The topological polar surface area (TPSA) is 58.4 Å². The second kappa shape index (κ2) is 6.32. The minimum absolute atomic E-state index is 0.0708. The van der Waals surface area contributed by atoms with Gasteiger partial charge in [-0.05, 0) is 18.1 Å². The van der Waals surface area contributed by atoms with Crippen molar-refractivity contribution in [2.75, 3.05) is 19.6 Å². The summed E-state index contributed by atoms with van der Waals surface area (Å²) in [4.78, 5) is 17.9. The van der Waals surface area contributed by atoms with Crippen LogP contribution in [0.4, 0.5) is 0 Å². The number of likely N-dealkylation sites (tertiary alicyclic amines) is 1. The first kappa shape index (κ1) is 14.8. The zero-order valence-electron chi connectivity index (χ0n) is 12.7. The van der Waals surface area contributed by atoms with Gasteiger partial charge in [0.1, 0.15) is 0 Å². The van der Waals surface area contributed by atoms with Gasteiger partial charge in [-0.25, -0.2) is 4.98 Å². The molecular formula is C17H21N3O2. The lowest BCUT2D eigenvalue weighted by Gasteiger charge is -2.18. The maximum atomic E-state index is 11.6. The molecule has 1 saturated heterocycles. The molecule has 3 rings (SSSR count). The zero-order chi connectivity index (χ0) is 15.5. The summed E-state index contributed by atoms with van der Waals surface area (Å²) >= 11 is 0. The molecule has 1 fully saturated rings. The number of benzene rings is 1. The van der Waals surface area contributed by atoms with Crippen molar-refractivity contribution in [1.29, 1.82) is 0 Å². The number of rotatable bonds is 5. The van der Waals surface area contributed by atoms with Crippen LogP contribution in [0.3, 0.4) is 0 Å². The van der Waals surface area contributed by atoms with Gasteiger partial charge >= 0.3 is 5.97 Å². The van der Waals surface area contributed by atoms with Crippen LogP contribution in [0.1, 0.15) is 17.0 Å². The van der Waals surface area contributed by atoms with Gasteiger partial charge in [-0.3, -0.25) is 4.79 Å². The van der Waals surface area contributed by atoms with E-state index < -0.39 is 5.97 Å². The minimum Gasteiger partial charge on any atom is -0.481 e. The second-order valence-electron chi connectivity index (χ2n) is 5.97. The molecule has 2 aromatic rings. The Balaban J connectivity index is 1.72. The summed E-state index contributed by atoms with van der Waals surface area (Å²) in [6.45, 7) is 5.16. The molecule has 0 saturated carbocycles. The van der Waals surface area contributed by atoms with Crippen LogP contribution >= 0.6 is 0 Å². The number of carboxylic acid groups (broad SMARTS) is 1. The Hall–Kier alpha value is -2.14. The fourth-order valence-electron chi connectivity index (χ4n) is 3.31. The molecule has 0 spiro atoms. The zero-order valence-corrected chi connectivity index (χ0v) is 12.7. The van der Waals surface area contributed by atoms with Crippen LogP contribution in [-0.2, 0) is 11.3 Å². The normalized spacial score (nSPS) is 22.0. The lowest BCUT2D eigenvalue weighted by Crippen LogP contribution is -2.26. The number of aliphatic carboxylic acids is 1. The Kier molecular flexibility index (Phi) is 4.24. The highest BCUT2D eigenvalue weighted by Crippen LogP contribution is 2.34. The number of nitrogens with zero attached hydrogens (tertiary/aromatic N) is 3. The Morgan fingerprint density at radius 1 is 1.32 bits per heavy atom. The minimum atomic E-state index is -0.696. The molecule has 2 heterocycles. The van der Waals surface area contributed by atoms with Gasteiger partial charge in [0.2, 0.25) is 0 Å². The summed E-state index contributed by atoms with van der Waals surface area (Å²) in [7, 11) is 0. The Morgan fingerprint density at radius 3 is 2.82 bits per heavy atom. The second-order valence-corrected chi connectivity index (χ2v) is 5.97. The van der Waals surface area contributed by atoms with Crippen molar-refractivity contribution in [2.45, 2.75) is 19.4 Å². The van der Waals surface area contributed by atoms with Gasteiger partial charge in [-0.15, -0.1) is 0 Å². The molecule has 0 amide bonds. The van der Waals surface area contributed by atoms with Crippen molar-refractivity contribution in [3.05, 3.63) is 54.1 Å². The Labute approximate surface area is 130 Å². The molecule has 0 unspecified atom stereocenters. The number of carbonyl (C=O) groups is 1. The molecule has 1 aromatic carbocycles. The van der Waals surface area contributed by atoms with E-state index in [9.17, 15) is 9.90 Å². The Morgan fingerprint density at radius 2 is 2.14 bits per heavy atom. The van der Waals surface area contributed by atoms with Crippen molar-refractivity contribution in [3.8, 4) is 0 Å². The van der Waals surface area contributed by atoms with Crippen molar-refractivity contribution < 1.29 is 9.90 Å². The lowest BCUT2D eigenvalue weighted by atomic mass is 9.86. The summed E-state index contributed by atoms with van der Waals surface area (Å²) in [6.07, 6.45) is 5.49. The third-order valence-corrected chi connectivity index (χ3v) is 4.53. The van der Waals surface area contributed by atoms with E-state index in [1.807, 2.05) is 22.9 Å². The average molecular weight is 299 g/mol. The van der Waals surface area contributed by atoms with Crippen molar-refractivity contribution in [2.24, 2.45) is 5.92 Å². The van der Waals surface area contributed by atoms with Crippen LogP contribution < -0.4 is 0 Å². The van der Waals surface area contributed by atoms with E-state index in [0.717, 1.165) is 19.6 Å². The number of hydrogen-bond donors (Lipinski definition) is 1. The largest absolute Gasteiger partial charge is 0.481 e. The van der Waals surface area contributed by atoms with E-state index in [1.165, 1.54) is 11.1 Å². The summed E-state index contributed by atoms with van der Waals surface area (Å²) < 4.78 is 2.02. The molecule has 0 radical (unpaired) electrons. The highest BCUT2D eigenvalue weighted by Gasteiger charge is 2.38. The predicted molar refractivity (Wildman–Crippen MR) is 83.7 cm³/mol. The molecule has 0 aliphatic carbocycles. The number of aromatic nitrogens is 2. The maximum absolute atomic E-state index is 11.6. The van der Waals surface area contributed by atoms with Crippen LogP contribution in [-0.4, -0.2) is 45.2 Å². The van der Waals surface area contributed by atoms with E-state index >= 15 is 0 Å². The van der Waals surface area contributed by atoms with Crippen molar-refractivity contribution >= 4 is 5.97 Å². The van der Waals surface area contributed by atoms with Crippen molar-refractivity contribution in [3.63, 3.8) is 0 Å². The molecule has 5 heteroatoms. The molecule has 1 aliphatic heterocycles. The predicted octanol–water partition coefficient (Wildman–Crippen LogP) is 1.99. The molecule has 1 aliphatic rings. The highest BCUT2D eigenvalue weighted by atomic mass is 16.4. The first-order chi connectivity index (χ1) is 10.6. The first-order valence-corrected chi connectivity index (χ1v) is 7.61. The molecule has 5 nitrogen and oxygen atoms in total. The molecule has 0 bridgehead atoms. The molecule has 1 aromatic heterocycles. The fourth-order valence-corrected chi connectivity index (χ4v) is 3.31. The summed E-state index contributed by atoms with van der Waals surface area (Å²) in [5.74, 6) is -0.955. The van der Waals surface area contributed by atoms with Crippen LogP contribution in [0, 0.1) is 12.8 Å². The molecule has 22 heavy (non-hydrogen) atoms. The fraction of sp³-hybridized carbons (Fsp3) is 0.412. The highest BCUT2D eigenvalue weighted by molar-refractivity contribution is 5.72. The number of aryl methyl sites for hydroxylation is 1. The van der Waals surface area contributed by atoms with Gasteiger partial charge < -0.3 is 14.6 Å². The van der Waals surface area contributed by atoms with Gasteiger partial charge in [0.25, 0.3) is 0 Å². The number of carboxylic acids is 1. The third-order valence-electron chi connectivity index (χ3n) is 4.53. The van der Waals surface area contributed by atoms with E-state index in [-0.39, 0.29) is 11.8 Å². The molecule has 1 N–H and O–H groups in total. The first-order valence-electron chi connectivity index (χ1n) is 7.61. The van der Waals surface area contributed by atoms with Crippen LogP contribution in [0.5, 0.6) is 0 Å². The van der Waals surface area contributed by atoms with Gasteiger partial charge in [-0.1, -0.05) is 24.3 Å². The monoisotopic (exact) mass is 299 g/mol. The van der Waals surface area contributed by atoms with Gasteiger partial charge in [0.15, 0.2) is 0 Å². The SMILES string of the molecule is Cc1ccccc1[C@@H]1CN(CCn2ccnc2)C[C@H]1C(=O)O. The summed E-state index contributed by atoms with van der Waals surface area (Å²) in [6, 6.07) is 8.12. The molecule has 116 valence electrons. The van der Waals surface area contributed by atoms with Crippen LogP contribution in [0.15, 0.2) is 43.0 Å². The molecular weight excluding hydrogens is 278 g/mol. The quantitative estimate of drug-likeness (QED) is 0.917. The van der Waals surface area contributed by atoms with Gasteiger partial charge in [-0.2, -0.15) is 0 Å². The van der Waals surface area contributed by atoms with Crippen LogP contribution in [0.2, 0.25) is 0 Å². The van der Waals surface area contributed by atoms with Gasteiger partial charge in [0.05, 0.1) is 12.2 Å². The maximum Gasteiger partial charge on any atom is 0.308 e. The third kappa shape index (κ3) is 3.04. The Bertz CT molecular complexity index is 639.